The zero-order valence-electron chi connectivity index (χ0n) is 14.6. The second-order valence-corrected chi connectivity index (χ2v) is 8.39. The summed E-state index contributed by atoms with van der Waals surface area (Å²) in [6, 6.07) is 6.40. The average molecular weight is 312 g/mol. The summed E-state index contributed by atoms with van der Waals surface area (Å²) < 4.78 is 12.3. The molecular formula is C19H25BO3. The van der Waals surface area contributed by atoms with Crippen LogP contribution in [0.1, 0.15) is 64.5 Å². The molecule has 4 rings (SSSR count). The fourth-order valence-electron chi connectivity index (χ4n) is 4.37. The zero-order chi connectivity index (χ0) is 16.5. The van der Waals surface area contributed by atoms with Gasteiger partial charge in [0.2, 0.25) is 0 Å². The van der Waals surface area contributed by atoms with Gasteiger partial charge in [0.15, 0.2) is 0 Å². The number of carbonyl (C=O) groups excluding carboxylic acids is 1. The summed E-state index contributed by atoms with van der Waals surface area (Å²) >= 11 is 0. The normalized spacial score (nSPS) is 27.0. The second kappa shape index (κ2) is 4.70. The van der Waals surface area contributed by atoms with Crippen LogP contribution < -0.4 is 5.46 Å². The van der Waals surface area contributed by atoms with E-state index in [0.29, 0.717) is 12.2 Å². The maximum absolute atomic E-state index is 12.6. The molecule has 0 radical (unpaired) electrons. The number of hydrogen-bond donors (Lipinski definition) is 0. The fourth-order valence-corrected chi connectivity index (χ4v) is 4.37. The molecule has 1 spiro atoms. The maximum Gasteiger partial charge on any atom is 0.494 e. The van der Waals surface area contributed by atoms with Crippen molar-refractivity contribution in [3.8, 4) is 0 Å². The molecule has 1 aliphatic heterocycles. The smallest absolute Gasteiger partial charge is 0.399 e. The molecule has 23 heavy (non-hydrogen) atoms. The zero-order valence-corrected chi connectivity index (χ0v) is 14.6. The van der Waals surface area contributed by atoms with E-state index < -0.39 is 0 Å². The highest BCUT2D eigenvalue weighted by atomic mass is 16.7. The van der Waals surface area contributed by atoms with Crippen LogP contribution in [0.15, 0.2) is 18.2 Å². The van der Waals surface area contributed by atoms with E-state index in [2.05, 4.69) is 45.9 Å². The lowest BCUT2D eigenvalue weighted by Gasteiger charge is -2.32. The fraction of sp³-hybridized carbons (Fsp3) is 0.632. The minimum absolute atomic E-state index is 0.177. The predicted octanol–water partition coefficient (Wildman–Crippen LogP) is 2.92. The van der Waals surface area contributed by atoms with Gasteiger partial charge >= 0.3 is 7.12 Å². The van der Waals surface area contributed by atoms with Crippen LogP contribution in [0, 0.1) is 0 Å². The molecule has 1 aromatic carbocycles. The van der Waals surface area contributed by atoms with Crippen LogP contribution in [-0.4, -0.2) is 24.1 Å². The van der Waals surface area contributed by atoms with E-state index in [1.807, 2.05) is 0 Å². The standard InChI is InChI=1S/C19H25BO3/c1-17(2)18(3,4)23-20(22-17)14-7-8-15-13(11-14)12-16(21)19(15)9-5-6-10-19/h7-8,11H,5-6,9-10,12H2,1-4H3. The molecule has 0 N–H and O–H groups in total. The first-order chi connectivity index (χ1) is 10.8. The first-order valence-electron chi connectivity index (χ1n) is 8.77. The summed E-state index contributed by atoms with van der Waals surface area (Å²) in [6.07, 6.45) is 4.96. The summed E-state index contributed by atoms with van der Waals surface area (Å²) in [5, 5.41) is 0. The van der Waals surface area contributed by atoms with E-state index in [4.69, 9.17) is 9.31 Å². The lowest BCUT2D eigenvalue weighted by Crippen LogP contribution is -2.41. The SMILES string of the molecule is CC1(C)OB(c2ccc3c(c2)CC(=O)C32CCCC2)OC1(C)C. The number of fused-ring (bicyclic) bond motifs is 2. The number of carbonyl (C=O) groups is 1. The molecule has 122 valence electrons. The minimum atomic E-state index is -0.347. The van der Waals surface area contributed by atoms with Crippen molar-refractivity contribution in [3.05, 3.63) is 29.3 Å². The molecule has 3 nitrogen and oxygen atoms in total. The Morgan fingerprint density at radius 1 is 1.00 bits per heavy atom. The van der Waals surface area contributed by atoms with Crippen LogP contribution >= 0.6 is 0 Å². The minimum Gasteiger partial charge on any atom is -0.399 e. The Morgan fingerprint density at radius 3 is 2.22 bits per heavy atom. The second-order valence-electron chi connectivity index (χ2n) is 8.39. The topological polar surface area (TPSA) is 35.5 Å². The molecule has 1 aromatic rings. The number of hydrogen-bond acceptors (Lipinski definition) is 3. The first-order valence-corrected chi connectivity index (χ1v) is 8.77. The van der Waals surface area contributed by atoms with Gasteiger partial charge in [-0.1, -0.05) is 31.0 Å². The number of rotatable bonds is 1. The van der Waals surface area contributed by atoms with Gasteiger partial charge in [0.1, 0.15) is 5.78 Å². The predicted molar refractivity (Wildman–Crippen MR) is 91.0 cm³/mol. The van der Waals surface area contributed by atoms with Gasteiger partial charge in [0, 0.05) is 6.42 Å². The van der Waals surface area contributed by atoms with E-state index in [1.54, 1.807) is 0 Å². The number of ketones is 1. The Morgan fingerprint density at radius 2 is 1.61 bits per heavy atom. The third kappa shape index (κ3) is 2.07. The number of Topliss-reactive ketones (excluding diaryl/α,β-unsaturated/α-hetero) is 1. The van der Waals surface area contributed by atoms with Crippen molar-refractivity contribution in [2.75, 3.05) is 0 Å². The summed E-state index contributed by atoms with van der Waals surface area (Å²) in [5.41, 5.74) is 2.64. The van der Waals surface area contributed by atoms with Gasteiger partial charge in [-0.15, -0.1) is 0 Å². The van der Waals surface area contributed by atoms with E-state index in [9.17, 15) is 4.79 Å². The van der Waals surface area contributed by atoms with Crippen LogP contribution in [-0.2, 0) is 25.9 Å². The van der Waals surface area contributed by atoms with Crippen LogP contribution in [0.2, 0.25) is 0 Å². The van der Waals surface area contributed by atoms with Crippen LogP contribution in [0.5, 0.6) is 0 Å². The van der Waals surface area contributed by atoms with E-state index in [-0.39, 0.29) is 23.7 Å². The van der Waals surface area contributed by atoms with E-state index in [0.717, 1.165) is 18.3 Å². The van der Waals surface area contributed by atoms with Crippen molar-refractivity contribution in [2.24, 2.45) is 0 Å². The number of benzene rings is 1. The molecule has 1 saturated heterocycles. The molecule has 0 unspecified atom stereocenters. The van der Waals surface area contributed by atoms with Gasteiger partial charge in [-0.05, 0) is 57.1 Å². The largest absolute Gasteiger partial charge is 0.494 e. The van der Waals surface area contributed by atoms with Gasteiger partial charge in [0.05, 0.1) is 16.6 Å². The third-order valence-corrected chi connectivity index (χ3v) is 6.51. The summed E-state index contributed by atoms with van der Waals surface area (Å²) in [7, 11) is -0.347. The van der Waals surface area contributed by atoms with Crippen molar-refractivity contribution >= 4 is 18.4 Å². The molecule has 0 amide bonds. The Labute approximate surface area is 138 Å². The molecule has 2 aliphatic carbocycles. The molecule has 0 aromatic heterocycles. The lowest BCUT2D eigenvalue weighted by molar-refractivity contribution is -0.122. The Balaban J connectivity index is 1.68. The van der Waals surface area contributed by atoms with Crippen LogP contribution in [0.4, 0.5) is 0 Å². The van der Waals surface area contributed by atoms with Crippen molar-refractivity contribution < 1.29 is 14.1 Å². The van der Waals surface area contributed by atoms with E-state index >= 15 is 0 Å². The molecule has 0 bridgehead atoms. The average Bonchev–Trinajstić information content (AvgIpc) is 3.10. The molecule has 3 aliphatic rings. The maximum atomic E-state index is 12.6. The Kier molecular flexibility index (Phi) is 3.15. The first kappa shape index (κ1) is 15.4. The van der Waals surface area contributed by atoms with Crippen molar-refractivity contribution in [3.63, 3.8) is 0 Å². The summed E-state index contributed by atoms with van der Waals surface area (Å²) in [6.45, 7) is 8.27. The molecule has 1 heterocycles. The van der Waals surface area contributed by atoms with Crippen LogP contribution in [0.25, 0.3) is 0 Å². The van der Waals surface area contributed by atoms with E-state index in [1.165, 1.54) is 24.0 Å². The summed E-state index contributed by atoms with van der Waals surface area (Å²) in [5.74, 6) is 0.413. The quantitative estimate of drug-likeness (QED) is 0.748. The highest BCUT2D eigenvalue weighted by molar-refractivity contribution is 6.62. The monoisotopic (exact) mass is 312 g/mol. The highest BCUT2D eigenvalue weighted by Gasteiger charge is 2.53. The third-order valence-electron chi connectivity index (χ3n) is 6.51. The van der Waals surface area contributed by atoms with Crippen LogP contribution in [0.3, 0.4) is 0 Å². The van der Waals surface area contributed by atoms with Gasteiger partial charge in [-0.2, -0.15) is 0 Å². The molecule has 4 heteroatoms. The molecular weight excluding hydrogens is 287 g/mol. The van der Waals surface area contributed by atoms with Gasteiger partial charge in [-0.25, -0.2) is 0 Å². The van der Waals surface area contributed by atoms with Gasteiger partial charge in [-0.3, -0.25) is 4.79 Å². The van der Waals surface area contributed by atoms with Crippen molar-refractivity contribution in [2.45, 2.75) is 76.4 Å². The Bertz CT molecular complexity index is 655. The van der Waals surface area contributed by atoms with Gasteiger partial charge in [0.25, 0.3) is 0 Å². The Hall–Kier alpha value is -1.13. The van der Waals surface area contributed by atoms with Crippen molar-refractivity contribution in [1.29, 1.82) is 0 Å². The molecule has 1 saturated carbocycles. The van der Waals surface area contributed by atoms with Crippen molar-refractivity contribution in [1.82, 2.24) is 0 Å². The lowest BCUT2D eigenvalue weighted by atomic mass is 9.75. The molecule has 2 fully saturated rings. The highest BCUT2D eigenvalue weighted by Crippen LogP contribution is 2.47. The van der Waals surface area contributed by atoms with Gasteiger partial charge < -0.3 is 9.31 Å². The molecule has 0 atom stereocenters. The summed E-state index contributed by atoms with van der Waals surface area (Å²) in [4.78, 5) is 12.6.